The molecule has 1 N–H and O–H groups in total. The normalized spacial score (nSPS) is 14.9. The largest absolute Gasteiger partial charge is 0.496 e. The molecule has 0 radical (unpaired) electrons. The third-order valence-corrected chi connectivity index (χ3v) is 5.26. The Hall–Kier alpha value is -3.94. The number of hydrogen-bond acceptors (Lipinski definition) is 4. The maximum Gasteiger partial charge on any atom is 0.322 e. The number of hydrogen-bond donors (Lipinski definition) is 1. The lowest BCUT2D eigenvalue weighted by Gasteiger charge is -2.25. The first kappa shape index (κ1) is 22.3. The second-order valence-corrected chi connectivity index (χ2v) is 7.58. The third kappa shape index (κ3) is 5.46. The van der Waals surface area contributed by atoms with Gasteiger partial charge in [-0.15, -0.1) is 0 Å². The molecule has 1 unspecified atom stereocenters. The van der Waals surface area contributed by atoms with Crippen LogP contribution in [0.15, 0.2) is 78.0 Å². The Morgan fingerprint density at radius 3 is 2.70 bits per heavy atom. The average molecular weight is 451 g/mol. The highest BCUT2D eigenvalue weighted by atomic mass is 19.1. The first-order valence-electron chi connectivity index (χ1n) is 10.4. The van der Waals surface area contributed by atoms with Gasteiger partial charge in [-0.3, -0.25) is 0 Å². The predicted octanol–water partition coefficient (Wildman–Crippen LogP) is 5.20. The monoisotopic (exact) mass is 451 g/mol. The minimum Gasteiger partial charge on any atom is -0.496 e. The molecule has 170 valence electrons. The molecule has 3 aromatic carbocycles. The molecule has 3 aromatic rings. The summed E-state index contributed by atoms with van der Waals surface area (Å²) in [5.41, 5.74) is 2.17. The highest BCUT2D eigenvalue weighted by Gasteiger charge is 2.28. The zero-order valence-corrected chi connectivity index (χ0v) is 18.0. The van der Waals surface area contributed by atoms with Crippen molar-refractivity contribution in [3.05, 3.63) is 95.6 Å². The topological polar surface area (TPSA) is 63.2 Å². The highest BCUT2D eigenvalue weighted by Crippen LogP contribution is 2.25. The third-order valence-electron chi connectivity index (χ3n) is 5.26. The van der Waals surface area contributed by atoms with Crippen molar-refractivity contribution in [3.63, 3.8) is 0 Å². The van der Waals surface area contributed by atoms with Crippen LogP contribution in [-0.2, 0) is 11.4 Å². The number of benzene rings is 3. The molecule has 1 aliphatic heterocycles. The zero-order chi connectivity index (χ0) is 23.2. The van der Waals surface area contributed by atoms with E-state index in [1.807, 2.05) is 24.3 Å². The van der Waals surface area contributed by atoms with Crippen molar-refractivity contribution >= 4 is 17.4 Å². The van der Waals surface area contributed by atoms with Crippen LogP contribution in [-0.4, -0.2) is 36.4 Å². The summed E-state index contributed by atoms with van der Waals surface area (Å²) in [6, 6.07) is 18.8. The molecule has 8 heteroatoms. The molecule has 1 aliphatic rings. The number of nitrogens with zero attached hydrogens (tertiary/aromatic N) is 2. The quantitative estimate of drug-likeness (QED) is 0.537. The number of oxime groups is 1. The molecule has 4 rings (SSSR count). The number of halogens is 2. The Kier molecular flexibility index (Phi) is 6.83. The SMILES string of the molecule is COc1ccccc1C1=NOC(CN(Cc2ccccc2F)C(=O)Nc2cccc(F)c2)C1. The standard InChI is InChI=1S/C25H23F2N3O3/c1-32-24-12-5-3-10-21(24)23-14-20(33-29-23)16-30(15-17-7-2-4-11-22(17)27)25(31)28-19-9-6-8-18(26)13-19/h2-13,20H,14-16H2,1H3,(H,28,31). The lowest BCUT2D eigenvalue weighted by molar-refractivity contribution is 0.0606. The van der Waals surface area contributed by atoms with Gasteiger partial charge in [-0.2, -0.15) is 0 Å². The van der Waals surface area contributed by atoms with E-state index in [0.717, 1.165) is 5.56 Å². The molecule has 0 bridgehead atoms. The molecular formula is C25H23F2N3O3. The molecule has 0 fully saturated rings. The van der Waals surface area contributed by atoms with E-state index >= 15 is 0 Å². The molecule has 2 amide bonds. The van der Waals surface area contributed by atoms with Gasteiger partial charge in [0.15, 0.2) is 6.10 Å². The maximum absolute atomic E-state index is 14.3. The minimum absolute atomic E-state index is 0.0116. The Bertz CT molecular complexity index is 1170. The van der Waals surface area contributed by atoms with Crippen LogP contribution in [0.25, 0.3) is 0 Å². The molecule has 1 atom stereocenters. The van der Waals surface area contributed by atoms with E-state index in [-0.39, 0.29) is 13.1 Å². The predicted molar refractivity (Wildman–Crippen MR) is 121 cm³/mol. The number of para-hydroxylation sites is 1. The van der Waals surface area contributed by atoms with Crippen LogP contribution in [0.2, 0.25) is 0 Å². The van der Waals surface area contributed by atoms with Gasteiger partial charge in [0, 0.05) is 23.2 Å². The van der Waals surface area contributed by atoms with Crippen LogP contribution in [0.4, 0.5) is 19.3 Å². The number of methoxy groups -OCH3 is 1. The maximum atomic E-state index is 14.3. The van der Waals surface area contributed by atoms with Gasteiger partial charge in [0.25, 0.3) is 0 Å². The molecule has 0 saturated heterocycles. The van der Waals surface area contributed by atoms with Crippen molar-refractivity contribution in [1.29, 1.82) is 0 Å². The average Bonchev–Trinajstić information content (AvgIpc) is 3.28. The fraction of sp³-hybridized carbons (Fsp3) is 0.200. The number of rotatable bonds is 7. The zero-order valence-electron chi connectivity index (χ0n) is 18.0. The van der Waals surface area contributed by atoms with E-state index in [0.29, 0.717) is 29.1 Å². The Balaban J connectivity index is 1.50. The van der Waals surface area contributed by atoms with E-state index in [4.69, 9.17) is 9.57 Å². The van der Waals surface area contributed by atoms with E-state index < -0.39 is 23.8 Å². The van der Waals surface area contributed by atoms with E-state index in [1.54, 1.807) is 31.4 Å². The summed E-state index contributed by atoms with van der Waals surface area (Å²) in [6.07, 6.45) is 0.0106. The Morgan fingerprint density at radius 1 is 1.12 bits per heavy atom. The van der Waals surface area contributed by atoms with Gasteiger partial charge in [0.05, 0.1) is 25.9 Å². The summed E-state index contributed by atoms with van der Waals surface area (Å²) < 4.78 is 33.2. The van der Waals surface area contributed by atoms with Crippen LogP contribution >= 0.6 is 0 Å². The van der Waals surface area contributed by atoms with Crippen LogP contribution < -0.4 is 10.1 Å². The number of carbonyl (C=O) groups excluding carboxylic acids is 1. The summed E-state index contributed by atoms with van der Waals surface area (Å²) in [5.74, 6) is -0.214. The summed E-state index contributed by atoms with van der Waals surface area (Å²) in [7, 11) is 1.58. The van der Waals surface area contributed by atoms with E-state index in [9.17, 15) is 13.6 Å². The molecular weight excluding hydrogens is 428 g/mol. The van der Waals surface area contributed by atoms with Crippen LogP contribution in [0.3, 0.4) is 0 Å². The highest BCUT2D eigenvalue weighted by molar-refractivity contribution is 6.03. The molecule has 6 nitrogen and oxygen atoms in total. The van der Waals surface area contributed by atoms with Gasteiger partial charge in [0.1, 0.15) is 17.4 Å². The number of nitrogens with one attached hydrogen (secondary N) is 1. The van der Waals surface area contributed by atoms with Crippen LogP contribution in [0.5, 0.6) is 5.75 Å². The number of amides is 2. The van der Waals surface area contributed by atoms with Crippen molar-refractivity contribution in [3.8, 4) is 5.75 Å². The van der Waals surface area contributed by atoms with Gasteiger partial charge in [-0.1, -0.05) is 41.6 Å². The van der Waals surface area contributed by atoms with Gasteiger partial charge >= 0.3 is 6.03 Å². The molecule has 1 heterocycles. The first-order chi connectivity index (χ1) is 16.0. The van der Waals surface area contributed by atoms with Gasteiger partial charge < -0.3 is 19.8 Å². The summed E-state index contributed by atoms with van der Waals surface area (Å²) in [5, 5.41) is 6.85. The molecule has 0 saturated carbocycles. The minimum atomic E-state index is -0.502. The summed E-state index contributed by atoms with van der Waals surface area (Å²) in [4.78, 5) is 20.1. The van der Waals surface area contributed by atoms with Gasteiger partial charge in [-0.05, 0) is 36.4 Å². The van der Waals surface area contributed by atoms with Crippen molar-refractivity contribution < 1.29 is 23.1 Å². The smallest absolute Gasteiger partial charge is 0.322 e. The summed E-state index contributed by atoms with van der Waals surface area (Å²) in [6.45, 7) is 0.162. The lowest BCUT2D eigenvalue weighted by atomic mass is 10.0. The van der Waals surface area contributed by atoms with E-state index in [1.165, 1.54) is 29.2 Å². The fourth-order valence-electron chi connectivity index (χ4n) is 3.63. The Labute approximate surface area is 190 Å². The van der Waals surface area contributed by atoms with Crippen molar-refractivity contribution in [2.75, 3.05) is 19.0 Å². The van der Waals surface area contributed by atoms with Crippen molar-refractivity contribution in [2.24, 2.45) is 5.16 Å². The fourth-order valence-corrected chi connectivity index (χ4v) is 3.63. The number of carbonyl (C=O) groups is 1. The first-order valence-corrected chi connectivity index (χ1v) is 10.4. The second kappa shape index (κ2) is 10.1. The van der Waals surface area contributed by atoms with Gasteiger partial charge in [0.2, 0.25) is 0 Å². The summed E-state index contributed by atoms with van der Waals surface area (Å²) >= 11 is 0. The number of urea groups is 1. The van der Waals surface area contributed by atoms with Gasteiger partial charge in [-0.25, -0.2) is 13.6 Å². The second-order valence-electron chi connectivity index (χ2n) is 7.58. The molecule has 0 spiro atoms. The molecule has 33 heavy (non-hydrogen) atoms. The van der Waals surface area contributed by atoms with Crippen molar-refractivity contribution in [2.45, 2.75) is 19.1 Å². The molecule has 0 aromatic heterocycles. The number of ether oxygens (including phenoxy) is 1. The lowest BCUT2D eigenvalue weighted by Crippen LogP contribution is -2.40. The number of anilines is 1. The molecule has 0 aliphatic carbocycles. The van der Waals surface area contributed by atoms with Crippen LogP contribution in [0.1, 0.15) is 17.5 Å². The van der Waals surface area contributed by atoms with Crippen molar-refractivity contribution in [1.82, 2.24) is 4.90 Å². The van der Waals surface area contributed by atoms with Crippen LogP contribution in [0, 0.1) is 11.6 Å². The Morgan fingerprint density at radius 2 is 1.91 bits per heavy atom. The van der Waals surface area contributed by atoms with E-state index in [2.05, 4.69) is 10.5 Å².